The highest BCUT2D eigenvalue weighted by Crippen LogP contribution is 2.12. The molecule has 102 valence electrons. The van der Waals surface area contributed by atoms with Gasteiger partial charge < -0.3 is 10.0 Å². The van der Waals surface area contributed by atoms with Crippen LogP contribution in [0, 0.1) is 0 Å². The van der Waals surface area contributed by atoms with Gasteiger partial charge in [-0.25, -0.2) is 0 Å². The van der Waals surface area contributed by atoms with Gasteiger partial charge in [-0.15, -0.1) is 0 Å². The average molecular weight is 259 g/mol. The second kappa shape index (κ2) is 10.2. The van der Waals surface area contributed by atoms with Gasteiger partial charge in [0.25, 0.3) is 0 Å². The zero-order chi connectivity index (χ0) is 12.3. The standard InChI is InChI=1S/C14H29NOS/c16-14-9-8-11-15(13-14)10-6-4-2-1-3-5-7-12-17/h14,16-17H,1-13H2. The minimum atomic E-state index is -0.0648. The number of aliphatic hydroxyl groups is 1. The summed E-state index contributed by atoms with van der Waals surface area (Å²) in [5.41, 5.74) is 0. The number of unbranched alkanes of at least 4 members (excludes halogenated alkanes) is 6. The largest absolute Gasteiger partial charge is 0.392 e. The van der Waals surface area contributed by atoms with Crippen molar-refractivity contribution < 1.29 is 5.11 Å². The number of thiol groups is 1. The van der Waals surface area contributed by atoms with E-state index in [9.17, 15) is 5.11 Å². The molecule has 2 nitrogen and oxygen atoms in total. The highest BCUT2D eigenvalue weighted by atomic mass is 32.1. The Bertz CT molecular complexity index is 178. The Morgan fingerprint density at radius 1 is 1.00 bits per heavy atom. The van der Waals surface area contributed by atoms with Crippen LogP contribution >= 0.6 is 12.6 Å². The van der Waals surface area contributed by atoms with Gasteiger partial charge in [0, 0.05) is 6.54 Å². The maximum absolute atomic E-state index is 9.55. The number of hydrogen-bond donors (Lipinski definition) is 2. The summed E-state index contributed by atoms with van der Waals surface area (Å²) >= 11 is 4.22. The molecule has 0 aromatic heterocycles. The molecule has 1 unspecified atom stereocenters. The lowest BCUT2D eigenvalue weighted by Crippen LogP contribution is -2.38. The van der Waals surface area contributed by atoms with Gasteiger partial charge in [0.1, 0.15) is 0 Å². The summed E-state index contributed by atoms with van der Waals surface area (Å²) in [4.78, 5) is 2.43. The number of nitrogens with zero attached hydrogens (tertiary/aromatic N) is 1. The van der Waals surface area contributed by atoms with Gasteiger partial charge in [-0.05, 0) is 44.5 Å². The molecule has 17 heavy (non-hydrogen) atoms. The third-order valence-corrected chi connectivity index (χ3v) is 3.93. The van der Waals surface area contributed by atoms with E-state index in [4.69, 9.17) is 0 Å². The van der Waals surface area contributed by atoms with Crippen molar-refractivity contribution in [2.24, 2.45) is 0 Å². The number of rotatable bonds is 9. The Hall–Kier alpha value is 0.270. The lowest BCUT2D eigenvalue weighted by molar-refractivity contribution is 0.0698. The van der Waals surface area contributed by atoms with E-state index in [0.717, 1.165) is 18.7 Å². The monoisotopic (exact) mass is 259 g/mol. The van der Waals surface area contributed by atoms with Crippen LogP contribution in [0.3, 0.4) is 0 Å². The first-order valence-electron chi connectivity index (χ1n) is 7.34. The minimum absolute atomic E-state index is 0.0648. The molecule has 0 bridgehead atoms. The Labute approximate surface area is 112 Å². The molecular weight excluding hydrogens is 230 g/mol. The normalized spacial score (nSPS) is 21.9. The Morgan fingerprint density at radius 2 is 1.65 bits per heavy atom. The fourth-order valence-electron chi connectivity index (χ4n) is 2.57. The van der Waals surface area contributed by atoms with Gasteiger partial charge in [0.15, 0.2) is 0 Å². The second-order valence-corrected chi connectivity index (χ2v) is 5.74. The number of aliphatic hydroxyl groups excluding tert-OH is 1. The minimum Gasteiger partial charge on any atom is -0.392 e. The van der Waals surface area contributed by atoms with Crippen LogP contribution in [-0.2, 0) is 0 Å². The molecular formula is C14H29NOS. The van der Waals surface area contributed by atoms with Crippen molar-refractivity contribution in [3.05, 3.63) is 0 Å². The van der Waals surface area contributed by atoms with E-state index in [0.29, 0.717) is 0 Å². The van der Waals surface area contributed by atoms with E-state index < -0.39 is 0 Å². The lowest BCUT2D eigenvalue weighted by Gasteiger charge is -2.29. The van der Waals surface area contributed by atoms with Crippen molar-refractivity contribution in [3.63, 3.8) is 0 Å². The molecule has 0 aromatic carbocycles. The van der Waals surface area contributed by atoms with Crippen LogP contribution in [0.5, 0.6) is 0 Å². The maximum Gasteiger partial charge on any atom is 0.0667 e. The summed E-state index contributed by atoms with van der Waals surface area (Å²) in [7, 11) is 0. The van der Waals surface area contributed by atoms with Gasteiger partial charge in [0.2, 0.25) is 0 Å². The molecule has 1 heterocycles. The average Bonchev–Trinajstić information content (AvgIpc) is 2.33. The second-order valence-electron chi connectivity index (χ2n) is 5.30. The molecule has 0 aliphatic carbocycles. The lowest BCUT2D eigenvalue weighted by atomic mass is 10.1. The molecule has 1 aliphatic rings. The van der Waals surface area contributed by atoms with Crippen LogP contribution in [0.15, 0.2) is 0 Å². The summed E-state index contributed by atoms with van der Waals surface area (Å²) in [6, 6.07) is 0. The van der Waals surface area contributed by atoms with Gasteiger partial charge in [-0.1, -0.05) is 32.1 Å². The maximum atomic E-state index is 9.55. The van der Waals surface area contributed by atoms with Crippen molar-refractivity contribution in [1.82, 2.24) is 4.90 Å². The molecule has 1 saturated heterocycles. The molecule has 0 spiro atoms. The van der Waals surface area contributed by atoms with Crippen LogP contribution in [0.25, 0.3) is 0 Å². The molecule has 1 atom stereocenters. The molecule has 0 radical (unpaired) electrons. The van der Waals surface area contributed by atoms with Crippen LogP contribution in [0.2, 0.25) is 0 Å². The van der Waals surface area contributed by atoms with Crippen molar-refractivity contribution in [2.75, 3.05) is 25.4 Å². The van der Waals surface area contributed by atoms with E-state index in [1.165, 1.54) is 64.5 Å². The molecule has 1 rings (SSSR count). The van der Waals surface area contributed by atoms with Crippen LogP contribution in [0.4, 0.5) is 0 Å². The molecule has 1 aliphatic heterocycles. The van der Waals surface area contributed by atoms with Gasteiger partial charge in [-0.3, -0.25) is 0 Å². The summed E-state index contributed by atoms with van der Waals surface area (Å²) in [6.07, 6.45) is 11.5. The SMILES string of the molecule is OC1CCCN(CCCCCCCCCS)C1. The highest BCUT2D eigenvalue weighted by Gasteiger charge is 2.16. The van der Waals surface area contributed by atoms with Crippen LogP contribution < -0.4 is 0 Å². The van der Waals surface area contributed by atoms with E-state index in [1.54, 1.807) is 0 Å². The predicted octanol–water partition coefficient (Wildman–Crippen LogP) is 3.10. The third kappa shape index (κ3) is 8.06. The Kier molecular flexibility index (Phi) is 9.21. The molecule has 3 heteroatoms. The summed E-state index contributed by atoms with van der Waals surface area (Å²) in [5.74, 6) is 1.04. The smallest absolute Gasteiger partial charge is 0.0667 e. The zero-order valence-electron chi connectivity index (χ0n) is 11.1. The number of hydrogen-bond acceptors (Lipinski definition) is 3. The fraction of sp³-hybridized carbons (Fsp3) is 1.00. The first kappa shape index (κ1) is 15.3. The third-order valence-electron chi connectivity index (χ3n) is 3.61. The molecule has 0 amide bonds. The van der Waals surface area contributed by atoms with E-state index >= 15 is 0 Å². The van der Waals surface area contributed by atoms with Gasteiger partial charge >= 0.3 is 0 Å². The molecule has 1 N–H and O–H groups in total. The van der Waals surface area contributed by atoms with E-state index in [1.807, 2.05) is 0 Å². The summed E-state index contributed by atoms with van der Waals surface area (Å²) < 4.78 is 0. The Morgan fingerprint density at radius 3 is 2.29 bits per heavy atom. The fourth-order valence-corrected chi connectivity index (χ4v) is 2.79. The predicted molar refractivity (Wildman–Crippen MR) is 77.9 cm³/mol. The van der Waals surface area contributed by atoms with E-state index in [2.05, 4.69) is 17.5 Å². The van der Waals surface area contributed by atoms with Crippen molar-refractivity contribution in [2.45, 2.75) is 63.9 Å². The highest BCUT2D eigenvalue weighted by molar-refractivity contribution is 7.80. The molecule has 0 aromatic rings. The summed E-state index contributed by atoms with van der Waals surface area (Å²) in [6.45, 7) is 3.29. The number of likely N-dealkylation sites (tertiary alicyclic amines) is 1. The van der Waals surface area contributed by atoms with Crippen molar-refractivity contribution in [1.29, 1.82) is 0 Å². The zero-order valence-corrected chi connectivity index (χ0v) is 12.0. The first-order chi connectivity index (χ1) is 8.33. The topological polar surface area (TPSA) is 23.5 Å². The van der Waals surface area contributed by atoms with Crippen LogP contribution in [0.1, 0.15) is 57.8 Å². The molecule has 1 fully saturated rings. The van der Waals surface area contributed by atoms with Gasteiger partial charge in [-0.2, -0.15) is 12.6 Å². The van der Waals surface area contributed by atoms with Crippen molar-refractivity contribution >= 4 is 12.6 Å². The number of piperidine rings is 1. The quantitative estimate of drug-likeness (QED) is 0.491. The molecule has 0 saturated carbocycles. The van der Waals surface area contributed by atoms with E-state index in [-0.39, 0.29) is 6.10 Å². The van der Waals surface area contributed by atoms with Crippen molar-refractivity contribution in [3.8, 4) is 0 Å². The van der Waals surface area contributed by atoms with Crippen LogP contribution in [-0.4, -0.2) is 41.5 Å². The van der Waals surface area contributed by atoms with Gasteiger partial charge in [0.05, 0.1) is 6.10 Å². The summed E-state index contributed by atoms with van der Waals surface area (Å²) in [5, 5.41) is 9.55. The number of β-amino-alcohol motifs (C(OH)–C–C–N with tert-alkyl or cyclic N) is 1. The Balaban J connectivity index is 1.83. The first-order valence-corrected chi connectivity index (χ1v) is 7.97.